The highest BCUT2D eigenvalue weighted by molar-refractivity contribution is 6.00. The molecule has 0 spiro atoms. The van der Waals surface area contributed by atoms with E-state index in [0.29, 0.717) is 42.7 Å². The van der Waals surface area contributed by atoms with Crippen molar-refractivity contribution in [2.75, 3.05) is 24.7 Å². The summed E-state index contributed by atoms with van der Waals surface area (Å²) in [4.78, 5) is 39.4. The minimum atomic E-state index is -1.04. The van der Waals surface area contributed by atoms with Crippen LogP contribution in [0.2, 0.25) is 0 Å². The van der Waals surface area contributed by atoms with Crippen LogP contribution in [0.15, 0.2) is 104 Å². The van der Waals surface area contributed by atoms with Crippen LogP contribution in [0, 0.1) is 12.3 Å². The van der Waals surface area contributed by atoms with Crippen LogP contribution in [0.5, 0.6) is 0 Å². The van der Waals surface area contributed by atoms with E-state index in [9.17, 15) is 14.7 Å². The molecule has 2 aromatic heterocycles. The molecule has 0 bridgehead atoms. The van der Waals surface area contributed by atoms with Crippen molar-refractivity contribution < 1.29 is 24.2 Å². The number of ether oxygens (including phenoxy) is 2. The number of fused-ring (bicyclic) bond motifs is 1. The van der Waals surface area contributed by atoms with Gasteiger partial charge < -0.3 is 24.0 Å². The van der Waals surface area contributed by atoms with E-state index in [2.05, 4.69) is 53.1 Å². The van der Waals surface area contributed by atoms with Crippen LogP contribution in [0.3, 0.4) is 0 Å². The Morgan fingerprint density at radius 3 is 2.02 bits per heavy atom. The van der Waals surface area contributed by atoms with Crippen molar-refractivity contribution >= 4 is 29.0 Å². The van der Waals surface area contributed by atoms with E-state index in [0.717, 1.165) is 22.3 Å². The lowest BCUT2D eigenvalue weighted by Crippen LogP contribution is -2.55. The van der Waals surface area contributed by atoms with Gasteiger partial charge in [0.05, 0.1) is 18.0 Å². The second-order valence-electron chi connectivity index (χ2n) is 14.1. The third-order valence-electron chi connectivity index (χ3n) is 9.57. The zero-order valence-corrected chi connectivity index (χ0v) is 30.1. The molecule has 3 heterocycles. The Morgan fingerprint density at radius 2 is 1.50 bits per heavy atom. The largest absolute Gasteiger partial charge is 0.465 e. The van der Waals surface area contributed by atoms with Gasteiger partial charge in [-0.2, -0.15) is 0 Å². The number of nitrogens with zero attached hydrogens (tertiary/aromatic N) is 5. The van der Waals surface area contributed by atoms with E-state index in [-0.39, 0.29) is 19.2 Å². The second-order valence-corrected chi connectivity index (χ2v) is 14.1. The van der Waals surface area contributed by atoms with Gasteiger partial charge in [-0.05, 0) is 69.2 Å². The summed E-state index contributed by atoms with van der Waals surface area (Å²) >= 11 is 0. The van der Waals surface area contributed by atoms with E-state index in [1.165, 1.54) is 11.2 Å². The quantitative estimate of drug-likeness (QED) is 0.0903. The molecule has 0 unspecified atom stereocenters. The van der Waals surface area contributed by atoms with Crippen molar-refractivity contribution in [2.45, 2.75) is 70.2 Å². The van der Waals surface area contributed by atoms with Gasteiger partial charge >= 0.3 is 12.2 Å². The number of carbonyl (C=O) groups excluding carboxylic acids is 1. The Hall–Kier alpha value is -5.66. The first-order chi connectivity index (χ1) is 25.1. The van der Waals surface area contributed by atoms with Crippen molar-refractivity contribution in [3.8, 4) is 12.3 Å². The summed E-state index contributed by atoms with van der Waals surface area (Å²) in [6, 6.07) is 30.1. The standard InChI is InChI=1S/C42H45N5O5/c1-6-25-51-26-24-31-27-46(42(32-16-10-7-11-17-32,33-18-12-8-13-19-33)34-20-14-9-15-21-34)37-36(31)38(44-29-43-37)47(40(50)52-41(3,4)5)35-23-22-30(2)45(28-35)39(48)49/h1,7-21,27,29-30,35H,22-26,28H2,2-5H3,(H,48,49)/t30-,35+/m0/s1. The molecule has 268 valence electrons. The number of amides is 2. The average Bonchev–Trinajstić information content (AvgIpc) is 3.51. The average molecular weight is 700 g/mol. The number of hydrogen-bond donors (Lipinski definition) is 1. The third-order valence-corrected chi connectivity index (χ3v) is 9.57. The first-order valence-corrected chi connectivity index (χ1v) is 17.6. The number of terminal acetylenes is 1. The van der Waals surface area contributed by atoms with Gasteiger partial charge in [-0.15, -0.1) is 6.42 Å². The predicted octanol–water partition coefficient (Wildman–Crippen LogP) is 7.74. The summed E-state index contributed by atoms with van der Waals surface area (Å²) in [5.41, 5.74) is 2.69. The SMILES string of the molecule is C#CCOCCc1cn(C(c2ccccc2)(c2ccccc2)c2ccccc2)c2ncnc(N(C(=O)OC(C)(C)C)[C@@H]3CC[C@H](C)N(C(=O)O)C3)c12. The van der Waals surface area contributed by atoms with Crippen molar-refractivity contribution in [3.63, 3.8) is 0 Å². The summed E-state index contributed by atoms with van der Waals surface area (Å²) in [7, 11) is 0. The van der Waals surface area contributed by atoms with Gasteiger partial charge in [0, 0.05) is 18.8 Å². The number of piperidine rings is 1. The molecule has 52 heavy (non-hydrogen) atoms. The molecule has 3 aromatic carbocycles. The molecular formula is C42H45N5O5. The van der Waals surface area contributed by atoms with Crippen LogP contribution < -0.4 is 4.90 Å². The van der Waals surface area contributed by atoms with Crippen LogP contribution in [0.25, 0.3) is 11.0 Å². The number of hydrogen-bond acceptors (Lipinski definition) is 6. The van der Waals surface area contributed by atoms with Gasteiger partial charge in [-0.1, -0.05) is 96.9 Å². The number of aromatic nitrogens is 3. The fourth-order valence-corrected chi connectivity index (χ4v) is 7.30. The van der Waals surface area contributed by atoms with E-state index >= 15 is 0 Å². The number of rotatable bonds is 10. The maximum Gasteiger partial charge on any atom is 0.416 e. The summed E-state index contributed by atoms with van der Waals surface area (Å²) in [5, 5.41) is 10.8. The Bertz CT molecular complexity index is 1940. The predicted molar refractivity (Wildman–Crippen MR) is 201 cm³/mol. The fourth-order valence-electron chi connectivity index (χ4n) is 7.30. The monoisotopic (exact) mass is 699 g/mol. The highest BCUT2D eigenvalue weighted by Crippen LogP contribution is 2.45. The Balaban J connectivity index is 1.67. The third kappa shape index (κ3) is 7.10. The van der Waals surface area contributed by atoms with Crippen molar-refractivity contribution in [1.82, 2.24) is 19.4 Å². The summed E-state index contributed by atoms with van der Waals surface area (Å²) in [6.07, 6.45) is 8.98. The molecule has 1 saturated heterocycles. The highest BCUT2D eigenvalue weighted by Gasteiger charge is 2.42. The number of anilines is 1. The summed E-state index contributed by atoms with van der Waals surface area (Å²) < 4.78 is 14.0. The van der Waals surface area contributed by atoms with Gasteiger partial charge in [0.1, 0.15) is 29.7 Å². The van der Waals surface area contributed by atoms with E-state index in [1.807, 2.05) is 82.3 Å². The minimum Gasteiger partial charge on any atom is -0.465 e. The van der Waals surface area contributed by atoms with Gasteiger partial charge in [0.15, 0.2) is 5.82 Å². The lowest BCUT2D eigenvalue weighted by atomic mass is 9.76. The Morgan fingerprint density at radius 1 is 0.923 bits per heavy atom. The first kappa shape index (κ1) is 36.1. The van der Waals surface area contributed by atoms with Crippen LogP contribution >= 0.6 is 0 Å². The fraction of sp³-hybridized carbons (Fsp3) is 0.333. The zero-order valence-electron chi connectivity index (χ0n) is 30.1. The Kier molecular flexibility index (Phi) is 10.6. The number of carbonyl (C=O) groups is 2. The lowest BCUT2D eigenvalue weighted by molar-refractivity contribution is 0.0521. The lowest BCUT2D eigenvalue weighted by Gasteiger charge is -2.41. The van der Waals surface area contributed by atoms with Crippen molar-refractivity contribution in [3.05, 3.63) is 126 Å². The van der Waals surface area contributed by atoms with Gasteiger partial charge in [0.2, 0.25) is 0 Å². The summed E-state index contributed by atoms with van der Waals surface area (Å²) in [5.74, 6) is 2.88. The summed E-state index contributed by atoms with van der Waals surface area (Å²) in [6.45, 7) is 7.88. The van der Waals surface area contributed by atoms with Crippen molar-refractivity contribution in [2.24, 2.45) is 0 Å². The van der Waals surface area contributed by atoms with Crippen LogP contribution in [-0.2, 0) is 21.4 Å². The number of benzene rings is 3. The zero-order chi connectivity index (χ0) is 36.9. The topological polar surface area (TPSA) is 110 Å². The molecule has 0 radical (unpaired) electrons. The molecule has 2 amide bonds. The smallest absolute Gasteiger partial charge is 0.416 e. The molecule has 5 aromatic rings. The van der Waals surface area contributed by atoms with Gasteiger partial charge in [-0.25, -0.2) is 19.6 Å². The molecule has 1 N–H and O–H groups in total. The second kappa shape index (κ2) is 15.3. The van der Waals surface area contributed by atoms with E-state index in [1.54, 1.807) is 4.90 Å². The Labute approximate surface area is 305 Å². The molecule has 1 aliphatic rings. The van der Waals surface area contributed by atoms with Crippen LogP contribution in [-0.4, -0.2) is 74.2 Å². The van der Waals surface area contributed by atoms with E-state index in [4.69, 9.17) is 25.9 Å². The maximum absolute atomic E-state index is 14.4. The van der Waals surface area contributed by atoms with Crippen molar-refractivity contribution in [1.29, 1.82) is 0 Å². The molecule has 10 heteroatoms. The van der Waals surface area contributed by atoms with Crippen LogP contribution in [0.1, 0.15) is 62.8 Å². The molecule has 10 nitrogen and oxygen atoms in total. The van der Waals surface area contributed by atoms with E-state index < -0.39 is 29.4 Å². The maximum atomic E-state index is 14.4. The molecular weight excluding hydrogens is 654 g/mol. The van der Waals surface area contributed by atoms with Crippen LogP contribution in [0.4, 0.5) is 15.4 Å². The van der Waals surface area contributed by atoms with Gasteiger partial charge in [-0.3, -0.25) is 4.90 Å². The molecule has 0 aliphatic carbocycles. The normalized spacial score (nSPS) is 16.3. The highest BCUT2D eigenvalue weighted by atomic mass is 16.6. The van der Waals surface area contributed by atoms with Gasteiger partial charge in [0.25, 0.3) is 0 Å². The molecule has 1 fully saturated rings. The minimum absolute atomic E-state index is 0.102. The molecule has 0 saturated carbocycles. The first-order valence-electron chi connectivity index (χ1n) is 17.6. The molecule has 1 aliphatic heterocycles. The number of likely N-dealkylation sites (tertiary alicyclic amines) is 1. The number of carboxylic acid groups (broad SMARTS) is 1. The molecule has 6 rings (SSSR count). The molecule has 2 atom stereocenters.